The van der Waals surface area contributed by atoms with Gasteiger partial charge in [0.25, 0.3) is 0 Å². The lowest BCUT2D eigenvalue weighted by molar-refractivity contribution is -0.135. The molecule has 0 radical (unpaired) electrons. The third-order valence-corrected chi connectivity index (χ3v) is 2.62. The summed E-state index contributed by atoms with van der Waals surface area (Å²) in [5.74, 6) is -0.173. The van der Waals surface area contributed by atoms with Gasteiger partial charge in [-0.15, -0.1) is 0 Å². The number of nitrogen functional groups attached to an aromatic ring is 1. The topological polar surface area (TPSA) is 70.1 Å². The number of anilines is 1. The second kappa shape index (κ2) is 5.94. The fourth-order valence-corrected chi connectivity index (χ4v) is 1.72. The number of alkyl halides is 3. The molecule has 8 heteroatoms. The van der Waals surface area contributed by atoms with Crippen molar-refractivity contribution < 1.29 is 22.7 Å². The maximum atomic E-state index is 12.1. The molecule has 0 atom stereocenters. The van der Waals surface area contributed by atoms with Gasteiger partial charge in [0.05, 0.1) is 7.11 Å². The number of imidazole rings is 1. The van der Waals surface area contributed by atoms with E-state index in [0.29, 0.717) is 12.2 Å². The average Bonchev–Trinajstić information content (AvgIpc) is 2.64. The summed E-state index contributed by atoms with van der Waals surface area (Å²) >= 11 is 0. The number of aromatic nitrogens is 2. The highest BCUT2D eigenvalue weighted by Crippen LogP contribution is 2.23. The van der Waals surface area contributed by atoms with E-state index in [1.165, 1.54) is 11.7 Å². The van der Waals surface area contributed by atoms with Crippen molar-refractivity contribution in [1.29, 1.82) is 0 Å². The van der Waals surface area contributed by atoms with Crippen LogP contribution in [0.1, 0.15) is 36.1 Å². The number of nitrogens with zero attached hydrogens (tertiary/aromatic N) is 2. The third kappa shape index (κ3) is 3.87. The molecule has 0 amide bonds. The van der Waals surface area contributed by atoms with E-state index >= 15 is 0 Å². The van der Waals surface area contributed by atoms with E-state index in [9.17, 15) is 18.0 Å². The van der Waals surface area contributed by atoms with E-state index in [2.05, 4.69) is 9.72 Å². The molecule has 0 aromatic carbocycles. The Morgan fingerprint density at radius 3 is 2.58 bits per heavy atom. The molecule has 0 fully saturated rings. The fourth-order valence-electron chi connectivity index (χ4n) is 1.72. The van der Waals surface area contributed by atoms with Crippen molar-refractivity contribution in [3.8, 4) is 0 Å². The zero-order chi connectivity index (χ0) is 14.6. The molecule has 0 spiro atoms. The number of hydrogen-bond donors (Lipinski definition) is 1. The second-order valence-electron chi connectivity index (χ2n) is 3.98. The van der Waals surface area contributed by atoms with Crippen LogP contribution >= 0.6 is 0 Å². The summed E-state index contributed by atoms with van der Waals surface area (Å²) in [6.45, 7) is 1.85. The number of halogens is 3. The van der Waals surface area contributed by atoms with E-state index in [1.807, 2.05) is 0 Å². The van der Waals surface area contributed by atoms with E-state index in [0.717, 1.165) is 0 Å². The van der Waals surface area contributed by atoms with Crippen LogP contribution in [0, 0.1) is 0 Å². The van der Waals surface area contributed by atoms with Gasteiger partial charge in [-0.1, -0.05) is 6.92 Å². The maximum absolute atomic E-state index is 12.1. The lowest BCUT2D eigenvalue weighted by atomic mass is 10.3. The van der Waals surface area contributed by atoms with Crippen LogP contribution < -0.4 is 5.73 Å². The normalized spacial score (nSPS) is 11.6. The summed E-state index contributed by atoms with van der Waals surface area (Å²) < 4.78 is 42.2. The molecule has 0 unspecified atom stereocenters. The summed E-state index contributed by atoms with van der Waals surface area (Å²) in [5, 5.41) is 0. The molecule has 0 saturated carbocycles. The van der Waals surface area contributed by atoms with Gasteiger partial charge in [0.15, 0.2) is 5.69 Å². The summed E-state index contributed by atoms with van der Waals surface area (Å²) in [4.78, 5) is 15.4. The number of hydrogen-bond acceptors (Lipinski definition) is 4. The molecule has 1 aromatic rings. The minimum absolute atomic E-state index is 0.0471. The molecule has 0 aliphatic heterocycles. The van der Waals surface area contributed by atoms with Crippen molar-refractivity contribution in [1.82, 2.24) is 9.55 Å². The molecule has 108 valence electrons. The number of rotatable bonds is 5. The number of carbonyl (C=O) groups excluding carboxylic acids is 1. The smallest absolute Gasteiger partial charge is 0.389 e. The molecule has 1 heterocycles. The van der Waals surface area contributed by atoms with E-state index in [1.54, 1.807) is 6.92 Å². The Bertz CT molecular complexity index is 455. The highest BCUT2D eigenvalue weighted by molar-refractivity contribution is 5.92. The summed E-state index contributed by atoms with van der Waals surface area (Å²) in [7, 11) is 1.19. The van der Waals surface area contributed by atoms with Crippen LogP contribution in [-0.4, -0.2) is 28.8 Å². The van der Waals surface area contributed by atoms with Crippen molar-refractivity contribution in [3.63, 3.8) is 0 Å². The predicted molar refractivity (Wildman–Crippen MR) is 62.6 cm³/mol. The Hall–Kier alpha value is -1.73. The lowest BCUT2D eigenvalue weighted by Crippen LogP contribution is -2.12. The number of aryl methyl sites for hydroxylation is 1. The molecule has 0 aliphatic rings. The Labute approximate surface area is 108 Å². The molecular formula is C11H16F3N3O2. The monoisotopic (exact) mass is 279 g/mol. The molecule has 0 bridgehead atoms. The number of esters is 1. The van der Waals surface area contributed by atoms with E-state index in [-0.39, 0.29) is 24.5 Å². The van der Waals surface area contributed by atoms with E-state index < -0.39 is 18.6 Å². The number of ether oxygens (including phenoxy) is 1. The first-order valence-corrected chi connectivity index (χ1v) is 5.80. The van der Waals surface area contributed by atoms with Crippen molar-refractivity contribution in [2.75, 3.05) is 12.8 Å². The van der Waals surface area contributed by atoms with Gasteiger partial charge in [0.2, 0.25) is 0 Å². The van der Waals surface area contributed by atoms with Crippen LogP contribution in [0.3, 0.4) is 0 Å². The summed E-state index contributed by atoms with van der Waals surface area (Å²) in [5.41, 5.74) is 5.67. The zero-order valence-corrected chi connectivity index (χ0v) is 10.8. The number of carbonyl (C=O) groups is 1. The SMILES string of the molecule is CCc1nc(C(=O)OC)c(N)n1CCCC(F)(F)F. The van der Waals surface area contributed by atoms with Gasteiger partial charge in [0, 0.05) is 19.4 Å². The molecular weight excluding hydrogens is 263 g/mol. The van der Waals surface area contributed by atoms with Gasteiger partial charge in [-0.05, 0) is 6.42 Å². The quantitative estimate of drug-likeness (QED) is 0.838. The van der Waals surface area contributed by atoms with Gasteiger partial charge >= 0.3 is 12.1 Å². The molecule has 1 aromatic heterocycles. The Morgan fingerprint density at radius 2 is 2.11 bits per heavy atom. The van der Waals surface area contributed by atoms with Crippen LogP contribution in [0.15, 0.2) is 0 Å². The van der Waals surface area contributed by atoms with Crippen molar-refractivity contribution in [3.05, 3.63) is 11.5 Å². The zero-order valence-electron chi connectivity index (χ0n) is 10.8. The molecule has 5 nitrogen and oxygen atoms in total. The first-order chi connectivity index (χ1) is 8.80. The first kappa shape index (κ1) is 15.3. The van der Waals surface area contributed by atoms with Gasteiger partial charge in [-0.25, -0.2) is 9.78 Å². The van der Waals surface area contributed by atoms with Crippen LogP contribution in [0.2, 0.25) is 0 Å². The van der Waals surface area contributed by atoms with Gasteiger partial charge in [0.1, 0.15) is 11.6 Å². The average molecular weight is 279 g/mol. The van der Waals surface area contributed by atoms with Gasteiger partial charge < -0.3 is 15.0 Å². The predicted octanol–water partition coefficient (Wildman–Crippen LogP) is 2.16. The Morgan fingerprint density at radius 1 is 1.47 bits per heavy atom. The number of methoxy groups -OCH3 is 1. The van der Waals surface area contributed by atoms with Crippen LogP contribution in [0.4, 0.5) is 19.0 Å². The third-order valence-electron chi connectivity index (χ3n) is 2.62. The van der Waals surface area contributed by atoms with Gasteiger partial charge in [-0.3, -0.25) is 0 Å². The van der Waals surface area contributed by atoms with Crippen LogP contribution in [0.25, 0.3) is 0 Å². The fraction of sp³-hybridized carbons (Fsp3) is 0.636. The van der Waals surface area contributed by atoms with Crippen LogP contribution in [-0.2, 0) is 17.7 Å². The highest BCUT2D eigenvalue weighted by atomic mass is 19.4. The Balaban J connectivity index is 2.87. The molecule has 2 N–H and O–H groups in total. The van der Waals surface area contributed by atoms with Crippen molar-refractivity contribution in [2.24, 2.45) is 0 Å². The first-order valence-electron chi connectivity index (χ1n) is 5.80. The lowest BCUT2D eigenvalue weighted by Gasteiger charge is -2.10. The second-order valence-corrected chi connectivity index (χ2v) is 3.98. The standard InChI is InChI=1S/C11H16F3N3O2/c1-3-7-16-8(10(18)19-2)9(15)17(7)6-4-5-11(12,13)14/h3-6,15H2,1-2H3. The minimum Gasteiger partial charge on any atom is -0.464 e. The molecule has 0 aliphatic carbocycles. The highest BCUT2D eigenvalue weighted by Gasteiger charge is 2.27. The molecule has 0 saturated heterocycles. The largest absolute Gasteiger partial charge is 0.464 e. The number of nitrogens with two attached hydrogens (primary N) is 1. The summed E-state index contributed by atoms with van der Waals surface area (Å²) in [6, 6.07) is 0. The maximum Gasteiger partial charge on any atom is 0.389 e. The van der Waals surface area contributed by atoms with Crippen molar-refractivity contribution in [2.45, 2.75) is 38.9 Å². The van der Waals surface area contributed by atoms with Crippen molar-refractivity contribution >= 4 is 11.8 Å². The molecule has 1 rings (SSSR count). The molecule has 19 heavy (non-hydrogen) atoms. The van der Waals surface area contributed by atoms with Crippen LogP contribution in [0.5, 0.6) is 0 Å². The van der Waals surface area contributed by atoms with Gasteiger partial charge in [-0.2, -0.15) is 13.2 Å². The Kier molecular flexibility index (Phi) is 4.79. The summed E-state index contributed by atoms with van der Waals surface area (Å²) in [6.07, 6.45) is -4.75. The van der Waals surface area contributed by atoms with E-state index in [4.69, 9.17) is 5.73 Å². The minimum atomic E-state index is -4.20.